The summed E-state index contributed by atoms with van der Waals surface area (Å²) in [7, 11) is 0. The van der Waals surface area contributed by atoms with Crippen LogP contribution in [-0.2, 0) is 6.54 Å². The lowest BCUT2D eigenvalue weighted by Gasteiger charge is -2.05. The van der Waals surface area contributed by atoms with E-state index in [1.807, 2.05) is 36.5 Å². The number of aromatic nitrogens is 2. The molecule has 2 heterocycles. The fourth-order valence-electron chi connectivity index (χ4n) is 2.02. The Kier molecular flexibility index (Phi) is 2.29. The topological polar surface area (TPSA) is 43.8 Å². The third-order valence-corrected chi connectivity index (χ3v) is 2.89. The SMILES string of the molecule is Nc1ccnc2c1ccn2Cc1ccccc1. The highest BCUT2D eigenvalue weighted by Crippen LogP contribution is 2.20. The maximum Gasteiger partial charge on any atom is 0.142 e. The lowest BCUT2D eigenvalue weighted by Crippen LogP contribution is -1.99. The van der Waals surface area contributed by atoms with Crippen LogP contribution >= 0.6 is 0 Å². The summed E-state index contributed by atoms with van der Waals surface area (Å²) < 4.78 is 2.11. The molecule has 2 N–H and O–H groups in total. The fourth-order valence-corrected chi connectivity index (χ4v) is 2.02. The maximum absolute atomic E-state index is 5.91. The number of benzene rings is 1. The minimum absolute atomic E-state index is 0.779. The van der Waals surface area contributed by atoms with E-state index in [9.17, 15) is 0 Å². The van der Waals surface area contributed by atoms with Crippen molar-refractivity contribution in [1.29, 1.82) is 0 Å². The molecule has 0 atom stereocenters. The van der Waals surface area contributed by atoms with E-state index in [0.717, 1.165) is 23.3 Å². The van der Waals surface area contributed by atoms with E-state index in [1.54, 1.807) is 6.20 Å². The number of rotatable bonds is 2. The molecule has 0 radical (unpaired) electrons. The van der Waals surface area contributed by atoms with Gasteiger partial charge in [0.05, 0.1) is 0 Å². The van der Waals surface area contributed by atoms with E-state index in [0.29, 0.717) is 0 Å². The highest BCUT2D eigenvalue weighted by atomic mass is 15.0. The first-order valence-corrected chi connectivity index (χ1v) is 5.58. The van der Waals surface area contributed by atoms with Gasteiger partial charge in [0.2, 0.25) is 0 Å². The van der Waals surface area contributed by atoms with Crippen molar-refractivity contribution in [1.82, 2.24) is 9.55 Å². The molecule has 3 heteroatoms. The molecule has 3 aromatic rings. The molecule has 1 aromatic carbocycles. The standard InChI is InChI=1S/C14H13N3/c15-13-6-8-16-14-12(13)7-9-17(14)10-11-4-2-1-3-5-11/h1-9H,10H2,(H2,15,16). The molecule has 0 aliphatic carbocycles. The Morgan fingerprint density at radius 1 is 1.06 bits per heavy atom. The number of hydrogen-bond donors (Lipinski definition) is 1. The zero-order chi connectivity index (χ0) is 11.7. The number of hydrogen-bond acceptors (Lipinski definition) is 2. The summed E-state index contributed by atoms with van der Waals surface area (Å²) in [6.07, 6.45) is 3.78. The van der Waals surface area contributed by atoms with Gasteiger partial charge in [-0.2, -0.15) is 0 Å². The van der Waals surface area contributed by atoms with Crippen LogP contribution in [-0.4, -0.2) is 9.55 Å². The highest BCUT2D eigenvalue weighted by molar-refractivity contribution is 5.88. The van der Waals surface area contributed by atoms with Gasteiger partial charge in [0, 0.05) is 30.0 Å². The summed E-state index contributed by atoms with van der Waals surface area (Å²) in [4.78, 5) is 4.38. The maximum atomic E-state index is 5.91. The Hall–Kier alpha value is -2.29. The Morgan fingerprint density at radius 2 is 1.88 bits per heavy atom. The molecule has 0 saturated carbocycles. The molecule has 84 valence electrons. The van der Waals surface area contributed by atoms with Crippen molar-refractivity contribution < 1.29 is 0 Å². The highest BCUT2D eigenvalue weighted by Gasteiger charge is 2.04. The average Bonchev–Trinajstić information content (AvgIpc) is 2.76. The molecular formula is C14H13N3. The predicted molar refractivity (Wildman–Crippen MR) is 69.7 cm³/mol. The van der Waals surface area contributed by atoms with E-state index < -0.39 is 0 Å². The smallest absolute Gasteiger partial charge is 0.142 e. The van der Waals surface area contributed by atoms with E-state index in [1.165, 1.54) is 5.56 Å². The van der Waals surface area contributed by atoms with Crippen molar-refractivity contribution in [3.8, 4) is 0 Å². The molecule has 3 nitrogen and oxygen atoms in total. The second-order valence-corrected chi connectivity index (χ2v) is 4.07. The summed E-state index contributed by atoms with van der Waals surface area (Å²) in [6, 6.07) is 14.2. The molecule has 0 unspecified atom stereocenters. The third kappa shape index (κ3) is 1.76. The molecule has 2 aromatic heterocycles. The van der Waals surface area contributed by atoms with E-state index in [2.05, 4.69) is 21.7 Å². The van der Waals surface area contributed by atoms with Gasteiger partial charge in [-0.05, 0) is 17.7 Å². The number of fused-ring (bicyclic) bond motifs is 1. The van der Waals surface area contributed by atoms with Crippen molar-refractivity contribution in [3.63, 3.8) is 0 Å². The van der Waals surface area contributed by atoms with E-state index >= 15 is 0 Å². The van der Waals surface area contributed by atoms with Crippen LogP contribution in [0, 0.1) is 0 Å². The summed E-state index contributed by atoms with van der Waals surface area (Å²) in [5.41, 5.74) is 8.89. The lowest BCUT2D eigenvalue weighted by molar-refractivity contribution is 0.825. The van der Waals surface area contributed by atoms with Crippen molar-refractivity contribution in [2.75, 3.05) is 5.73 Å². The largest absolute Gasteiger partial charge is 0.398 e. The van der Waals surface area contributed by atoms with Gasteiger partial charge in [0.25, 0.3) is 0 Å². The van der Waals surface area contributed by atoms with Crippen molar-refractivity contribution in [2.24, 2.45) is 0 Å². The molecule has 0 saturated heterocycles. The lowest BCUT2D eigenvalue weighted by atomic mass is 10.2. The zero-order valence-electron chi connectivity index (χ0n) is 9.38. The first-order chi connectivity index (χ1) is 8.34. The van der Waals surface area contributed by atoms with Crippen LogP contribution < -0.4 is 5.73 Å². The van der Waals surface area contributed by atoms with Gasteiger partial charge in [-0.15, -0.1) is 0 Å². The average molecular weight is 223 g/mol. The van der Waals surface area contributed by atoms with Crippen LogP contribution in [0.5, 0.6) is 0 Å². The molecular weight excluding hydrogens is 210 g/mol. The molecule has 0 amide bonds. The predicted octanol–water partition coefficient (Wildman–Crippen LogP) is 2.67. The van der Waals surface area contributed by atoms with Crippen LogP contribution in [0.25, 0.3) is 11.0 Å². The molecule has 0 aliphatic heterocycles. The number of nitrogens with two attached hydrogens (primary N) is 1. The first-order valence-electron chi connectivity index (χ1n) is 5.58. The summed E-state index contributed by atoms with van der Waals surface area (Å²) in [6.45, 7) is 0.820. The minimum Gasteiger partial charge on any atom is -0.398 e. The second kappa shape index (κ2) is 3.94. The molecule has 3 rings (SSSR count). The van der Waals surface area contributed by atoms with Gasteiger partial charge in [-0.3, -0.25) is 0 Å². The normalized spacial score (nSPS) is 10.8. The van der Waals surface area contributed by atoms with Crippen LogP contribution in [0.1, 0.15) is 5.56 Å². The van der Waals surface area contributed by atoms with Gasteiger partial charge in [-0.1, -0.05) is 30.3 Å². The molecule has 0 aliphatic rings. The summed E-state index contributed by atoms with van der Waals surface area (Å²) in [5.74, 6) is 0. The molecule has 0 bridgehead atoms. The fraction of sp³-hybridized carbons (Fsp3) is 0.0714. The number of nitrogens with zero attached hydrogens (tertiary/aromatic N) is 2. The Labute approximate surface area is 99.5 Å². The Bertz CT molecular complexity index is 641. The summed E-state index contributed by atoms with van der Waals surface area (Å²) in [5, 5.41) is 1.02. The van der Waals surface area contributed by atoms with Gasteiger partial charge in [-0.25, -0.2) is 4.98 Å². The number of pyridine rings is 1. The minimum atomic E-state index is 0.779. The van der Waals surface area contributed by atoms with Crippen LogP contribution in [0.15, 0.2) is 54.9 Å². The van der Waals surface area contributed by atoms with Crippen molar-refractivity contribution in [3.05, 3.63) is 60.4 Å². The molecule has 0 spiro atoms. The number of nitrogen functional groups attached to an aromatic ring is 1. The quantitative estimate of drug-likeness (QED) is 0.725. The van der Waals surface area contributed by atoms with Gasteiger partial charge < -0.3 is 10.3 Å². The molecule has 17 heavy (non-hydrogen) atoms. The van der Waals surface area contributed by atoms with Crippen LogP contribution in [0.4, 0.5) is 5.69 Å². The molecule has 0 fully saturated rings. The Balaban J connectivity index is 2.05. The second-order valence-electron chi connectivity index (χ2n) is 4.07. The zero-order valence-corrected chi connectivity index (χ0v) is 9.38. The third-order valence-electron chi connectivity index (χ3n) is 2.89. The van der Waals surface area contributed by atoms with E-state index in [-0.39, 0.29) is 0 Å². The van der Waals surface area contributed by atoms with Crippen molar-refractivity contribution in [2.45, 2.75) is 6.54 Å². The number of anilines is 1. The van der Waals surface area contributed by atoms with Gasteiger partial charge >= 0.3 is 0 Å². The monoisotopic (exact) mass is 223 g/mol. The van der Waals surface area contributed by atoms with E-state index in [4.69, 9.17) is 5.73 Å². The van der Waals surface area contributed by atoms with Gasteiger partial charge in [0.1, 0.15) is 5.65 Å². The van der Waals surface area contributed by atoms with Gasteiger partial charge in [0.15, 0.2) is 0 Å². The Morgan fingerprint density at radius 3 is 2.71 bits per heavy atom. The first kappa shape index (κ1) is 9.90. The summed E-state index contributed by atoms with van der Waals surface area (Å²) >= 11 is 0. The van der Waals surface area contributed by atoms with Crippen LogP contribution in [0.3, 0.4) is 0 Å². The van der Waals surface area contributed by atoms with Crippen molar-refractivity contribution >= 4 is 16.7 Å². The van der Waals surface area contributed by atoms with Crippen LogP contribution in [0.2, 0.25) is 0 Å².